The van der Waals surface area contributed by atoms with E-state index in [1.807, 2.05) is 30.3 Å². The zero-order valence-corrected chi connectivity index (χ0v) is 11.8. The van der Waals surface area contributed by atoms with E-state index in [2.05, 4.69) is 18.2 Å². The van der Waals surface area contributed by atoms with Gasteiger partial charge in [0.05, 0.1) is 19.3 Å². The van der Waals surface area contributed by atoms with Gasteiger partial charge in [-0.3, -0.25) is 4.79 Å². The second-order valence-electron chi connectivity index (χ2n) is 4.82. The lowest BCUT2D eigenvalue weighted by Gasteiger charge is -2.03. The summed E-state index contributed by atoms with van der Waals surface area (Å²) in [6.07, 6.45) is 1.87. The number of furan rings is 1. The van der Waals surface area contributed by atoms with E-state index in [0.29, 0.717) is 6.61 Å². The van der Waals surface area contributed by atoms with E-state index in [1.165, 1.54) is 0 Å². The lowest BCUT2D eigenvalue weighted by Crippen LogP contribution is -2.06. The predicted octanol–water partition coefficient (Wildman–Crippen LogP) is 4.21. The molecule has 0 bridgehead atoms. The molecule has 106 valence electrons. The van der Waals surface area contributed by atoms with Gasteiger partial charge in [0, 0.05) is 10.9 Å². The molecule has 0 fully saturated rings. The van der Waals surface area contributed by atoms with E-state index in [1.54, 1.807) is 13.2 Å². The molecule has 3 aromatic rings. The summed E-state index contributed by atoms with van der Waals surface area (Å²) in [5, 5.41) is 0.962. The second kappa shape index (κ2) is 5.83. The molecule has 0 saturated heterocycles. The first-order chi connectivity index (χ1) is 10.3. The number of hydrogen-bond acceptors (Lipinski definition) is 3. The zero-order valence-electron chi connectivity index (χ0n) is 11.8. The molecular formula is C18H16O3. The van der Waals surface area contributed by atoms with Crippen LogP contribution in [0.25, 0.3) is 22.1 Å². The number of carbonyl (C=O) groups excluding carboxylic acids is 1. The van der Waals surface area contributed by atoms with Crippen LogP contribution in [0.15, 0.2) is 59.2 Å². The molecule has 3 nitrogen and oxygen atoms in total. The van der Waals surface area contributed by atoms with Crippen molar-refractivity contribution in [3.8, 4) is 11.1 Å². The highest BCUT2D eigenvalue weighted by molar-refractivity contribution is 5.89. The normalized spacial score (nSPS) is 10.7. The molecule has 0 amide bonds. The van der Waals surface area contributed by atoms with Crippen molar-refractivity contribution >= 4 is 16.9 Å². The van der Waals surface area contributed by atoms with Crippen molar-refractivity contribution < 1.29 is 13.9 Å². The Balaban J connectivity index is 1.98. The van der Waals surface area contributed by atoms with Gasteiger partial charge in [-0.05, 0) is 30.2 Å². The van der Waals surface area contributed by atoms with Crippen molar-refractivity contribution in [1.82, 2.24) is 0 Å². The van der Waals surface area contributed by atoms with Crippen LogP contribution in [0, 0.1) is 0 Å². The van der Waals surface area contributed by atoms with Gasteiger partial charge in [-0.2, -0.15) is 0 Å². The van der Waals surface area contributed by atoms with Crippen molar-refractivity contribution in [2.45, 2.75) is 13.3 Å². The van der Waals surface area contributed by atoms with E-state index in [-0.39, 0.29) is 12.4 Å². The van der Waals surface area contributed by atoms with Gasteiger partial charge in [-0.25, -0.2) is 0 Å². The van der Waals surface area contributed by atoms with Gasteiger partial charge in [0.25, 0.3) is 0 Å². The average Bonchev–Trinajstić information content (AvgIpc) is 2.91. The molecule has 1 heterocycles. The second-order valence-corrected chi connectivity index (χ2v) is 4.82. The Labute approximate surface area is 123 Å². The highest BCUT2D eigenvalue weighted by atomic mass is 16.5. The Kier molecular flexibility index (Phi) is 3.73. The van der Waals surface area contributed by atoms with Gasteiger partial charge in [0.1, 0.15) is 5.58 Å². The lowest BCUT2D eigenvalue weighted by atomic mass is 10.0. The van der Waals surface area contributed by atoms with Crippen LogP contribution in [0.3, 0.4) is 0 Å². The van der Waals surface area contributed by atoms with Crippen LogP contribution in [-0.2, 0) is 16.0 Å². The van der Waals surface area contributed by atoms with Gasteiger partial charge in [-0.15, -0.1) is 0 Å². The number of carbonyl (C=O) groups is 1. The third-order valence-electron chi connectivity index (χ3n) is 3.40. The van der Waals surface area contributed by atoms with E-state index in [9.17, 15) is 4.79 Å². The van der Waals surface area contributed by atoms with Crippen LogP contribution in [0.1, 0.15) is 12.5 Å². The minimum atomic E-state index is -0.231. The highest BCUT2D eigenvalue weighted by Crippen LogP contribution is 2.28. The first-order valence-corrected chi connectivity index (χ1v) is 6.99. The number of ether oxygens (including phenoxy) is 1. The summed E-state index contributed by atoms with van der Waals surface area (Å²) < 4.78 is 10.5. The summed E-state index contributed by atoms with van der Waals surface area (Å²) in [5.74, 6) is -0.231. The summed E-state index contributed by atoms with van der Waals surface area (Å²) in [6, 6.07) is 16.2. The van der Waals surface area contributed by atoms with Crippen LogP contribution >= 0.6 is 0 Å². The zero-order chi connectivity index (χ0) is 14.7. The van der Waals surface area contributed by atoms with Crippen molar-refractivity contribution in [2.75, 3.05) is 6.61 Å². The highest BCUT2D eigenvalue weighted by Gasteiger charge is 2.12. The Morgan fingerprint density at radius 1 is 1.10 bits per heavy atom. The predicted molar refractivity (Wildman–Crippen MR) is 82.0 cm³/mol. The maximum absolute atomic E-state index is 11.6. The fourth-order valence-electron chi connectivity index (χ4n) is 2.40. The number of fused-ring (bicyclic) bond motifs is 1. The maximum Gasteiger partial charge on any atom is 0.310 e. The molecule has 0 N–H and O–H groups in total. The summed E-state index contributed by atoms with van der Waals surface area (Å²) >= 11 is 0. The summed E-state index contributed by atoms with van der Waals surface area (Å²) in [6.45, 7) is 2.20. The Morgan fingerprint density at radius 2 is 1.90 bits per heavy atom. The Morgan fingerprint density at radius 3 is 2.67 bits per heavy atom. The van der Waals surface area contributed by atoms with Crippen LogP contribution in [0.2, 0.25) is 0 Å². The van der Waals surface area contributed by atoms with Crippen molar-refractivity contribution in [3.63, 3.8) is 0 Å². The first kappa shape index (κ1) is 13.4. The average molecular weight is 280 g/mol. The first-order valence-electron chi connectivity index (χ1n) is 6.99. The third-order valence-corrected chi connectivity index (χ3v) is 3.40. The molecule has 0 aliphatic carbocycles. The molecule has 1 aromatic heterocycles. The lowest BCUT2D eigenvalue weighted by molar-refractivity contribution is -0.142. The number of esters is 1. The molecule has 0 unspecified atom stereocenters. The SMILES string of the molecule is CCOC(=O)Cc1coc2ccc(-c3ccccc3)cc12. The molecule has 0 aliphatic heterocycles. The van der Waals surface area contributed by atoms with E-state index >= 15 is 0 Å². The molecular weight excluding hydrogens is 264 g/mol. The molecule has 2 aromatic carbocycles. The van der Waals surface area contributed by atoms with Crippen molar-refractivity contribution in [2.24, 2.45) is 0 Å². The summed E-state index contributed by atoms with van der Waals surface area (Å²) in [4.78, 5) is 11.6. The summed E-state index contributed by atoms with van der Waals surface area (Å²) in [5.41, 5.74) is 3.90. The number of hydrogen-bond donors (Lipinski definition) is 0. The maximum atomic E-state index is 11.6. The van der Waals surface area contributed by atoms with Crippen LogP contribution < -0.4 is 0 Å². The van der Waals surface area contributed by atoms with Gasteiger partial charge >= 0.3 is 5.97 Å². The number of rotatable bonds is 4. The van der Waals surface area contributed by atoms with E-state index in [4.69, 9.17) is 9.15 Å². The van der Waals surface area contributed by atoms with Crippen molar-refractivity contribution in [3.05, 3.63) is 60.4 Å². The van der Waals surface area contributed by atoms with E-state index < -0.39 is 0 Å². The van der Waals surface area contributed by atoms with Crippen LogP contribution in [0.4, 0.5) is 0 Å². The smallest absolute Gasteiger partial charge is 0.310 e. The third kappa shape index (κ3) is 2.82. The number of benzene rings is 2. The molecule has 0 atom stereocenters. The van der Waals surface area contributed by atoms with E-state index in [0.717, 1.165) is 27.7 Å². The fraction of sp³-hybridized carbons (Fsp3) is 0.167. The monoisotopic (exact) mass is 280 g/mol. The van der Waals surface area contributed by atoms with Gasteiger partial charge in [-0.1, -0.05) is 36.4 Å². The summed E-state index contributed by atoms with van der Waals surface area (Å²) in [7, 11) is 0. The molecule has 0 aliphatic rings. The minimum Gasteiger partial charge on any atom is -0.466 e. The standard InChI is InChI=1S/C18H16O3/c1-2-20-18(19)11-15-12-21-17-9-8-14(10-16(15)17)13-6-4-3-5-7-13/h3-10,12H,2,11H2,1H3. The largest absolute Gasteiger partial charge is 0.466 e. The Bertz CT molecular complexity index is 756. The molecule has 0 saturated carbocycles. The van der Waals surface area contributed by atoms with Crippen LogP contribution in [0.5, 0.6) is 0 Å². The quantitative estimate of drug-likeness (QED) is 0.672. The van der Waals surface area contributed by atoms with Gasteiger partial charge < -0.3 is 9.15 Å². The molecule has 21 heavy (non-hydrogen) atoms. The van der Waals surface area contributed by atoms with Crippen LogP contribution in [-0.4, -0.2) is 12.6 Å². The Hall–Kier alpha value is -2.55. The molecule has 0 spiro atoms. The molecule has 0 radical (unpaired) electrons. The van der Waals surface area contributed by atoms with Gasteiger partial charge in [0.2, 0.25) is 0 Å². The molecule has 3 heteroatoms. The minimum absolute atomic E-state index is 0.231. The van der Waals surface area contributed by atoms with Gasteiger partial charge in [0.15, 0.2) is 0 Å². The topological polar surface area (TPSA) is 39.4 Å². The molecule has 3 rings (SSSR count). The van der Waals surface area contributed by atoms with Crippen molar-refractivity contribution in [1.29, 1.82) is 0 Å². The fourth-order valence-corrected chi connectivity index (χ4v) is 2.40.